The maximum atomic E-state index is 12.2. The molecule has 0 bridgehead atoms. The lowest BCUT2D eigenvalue weighted by atomic mass is 10.0. The number of nitrogens with zero attached hydrogens (tertiary/aromatic N) is 1. The zero-order valence-corrected chi connectivity index (χ0v) is 10.0. The second-order valence-corrected chi connectivity index (χ2v) is 4.27. The molecule has 0 saturated heterocycles. The average Bonchev–Trinajstić information content (AvgIpc) is 2.19. The Labute approximate surface area is 104 Å². The fraction of sp³-hybridized carbons (Fsp3) is 0.333. The van der Waals surface area contributed by atoms with Crippen molar-refractivity contribution in [2.45, 2.75) is 18.9 Å². The summed E-state index contributed by atoms with van der Waals surface area (Å²) in [5, 5.41) is 20.2. The van der Waals surface area contributed by atoms with E-state index in [9.17, 15) is 24.0 Å². The number of hydrogen-bond acceptors (Lipinski definition) is 4. The number of nitrogens with two attached hydrogens (primary N) is 1. The summed E-state index contributed by atoms with van der Waals surface area (Å²) >= 11 is 2.99. The van der Waals surface area contributed by atoms with Crippen LogP contribution in [0, 0.1) is 10.1 Å². The molecule has 1 aromatic carbocycles. The lowest BCUT2D eigenvalue weighted by Crippen LogP contribution is -2.14. The number of hydrogen-bond donors (Lipinski definition) is 2. The molecular weight excluding hydrogens is 302 g/mol. The van der Waals surface area contributed by atoms with E-state index in [1.807, 2.05) is 0 Å². The fourth-order valence-corrected chi connectivity index (χ4v) is 1.81. The lowest BCUT2D eigenvalue weighted by molar-refractivity contribution is -0.386. The monoisotopic (exact) mass is 310 g/mol. The Hall–Kier alpha value is -1.28. The molecule has 1 aromatic rings. The van der Waals surface area contributed by atoms with Crippen molar-refractivity contribution in [2.75, 3.05) is 0 Å². The van der Waals surface area contributed by atoms with Gasteiger partial charge in [-0.2, -0.15) is 0 Å². The molecule has 0 fully saturated rings. The molecule has 0 amide bonds. The topological polar surface area (TPSA) is 89.4 Å². The van der Waals surface area contributed by atoms with Gasteiger partial charge in [-0.3, -0.25) is 10.1 Å². The molecule has 3 N–H and O–H groups in total. The Kier molecular flexibility index (Phi) is 4.35. The van der Waals surface area contributed by atoms with Gasteiger partial charge in [-0.1, -0.05) is 15.9 Å². The van der Waals surface area contributed by atoms with Crippen LogP contribution in [0.15, 0.2) is 16.6 Å². The molecule has 8 heteroatoms. The van der Waals surface area contributed by atoms with Gasteiger partial charge >= 0.3 is 5.69 Å². The summed E-state index contributed by atoms with van der Waals surface area (Å²) in [4.78, 5) is 9.80. The number of phenols is 1. The molecule has 0 spiro atoms. The molecule has 1 rings (SSSR count). The number of rotatable bonds is 4. The minimum absolute atomic E-state index is 0.0774. The van der Waals surface area contributed by atoms with E-state index < -0.39 is 35.2 Å². The van der Waals surface area contributed by atoms with Crippen LogP contribution in [-0.2, 0) is 0 Å². The zero-order valence-electron chi connectivity index (χ0n) is 8.44. The van der Waals surface area contributed by atoms with Gasteiger partial charge in [0.15, 0.2) is 5.75 Å². The highest BCUT2D eigenvalue weighted by Crippen LogP contribution is 2.37. The maximum absolute atomic E-state index is 12.2. The van der Waals surface area contributed by atoms with Crippen molar-refractivity contribution in [2.24, 2.45) is 5.73 Å². The molecule has 0 aliphatic carbocycles. The second kappa shape index (κ2) is 5.37. The molecule has 17 heavy (non-hydrogen) atoms. The Morgan fingerprint density at radius 1 is 1.53 bits per heavy atom. The average molecular weight is 311 g/mol. The van der Waals surface area contributed by atoms with Crippen LogP contribution in [0.2, 0.25) is 0 Å². The number of benzene rings is 1. The molecule has 5 nitrogen and oxygen atoms in total. The summed E-state index contributed by atoms with van der Waals surface area (Å²) in [6, 6.07) is 1.20. The maximum Gasteiger partial charge on any atom is 0.312 e. The smallest absolute Gasteiger partial charge is 0.312 e. The van der Waals surface area contributed by atoms with Crippen LogP contribution in [0.5, 0.6) is 5.75 Å². The van der Waals surface area contributed by atoms with Crippen LogP contribution in [0.25, 0.3) is 0 Å². The Morgan fingerprint density at radius 2 is 2.12 bits per heavy atom. The van der Waals surface area contributed by atoms with E-state index in [4.69, 9.17) is 5.73 Å². The van der Waals surface area contributed by atoms with E-state index in [1.165, 1.54) is 6.07 Å². The minimum Gasteiger partial charge on any atom is -0.502 e. The highest BCUT2D eigenvalue weighted by atomic mass is 79.9. The molecule has 0 radical (unpaired) electrons. The number of phenolic OH excluding ortho intramolecular Hbond substituents is 1. The normalized spacial score (nSPS) is 12.8. The highest BCUT2D eigenvalue weighted by molar-refractivity contribution is 9.10. The highest BCUT2D eigenvalue weighted by Gasteiger charge is 2.23. The van der Waals surface area contributed by atoms with Crippen LogP contribution in [-0.4, -0.2) is 16.5 Å². The van der Waals surface area contributed by atoms with Crippen molar-refractivity contribution in [3.8, 4) is 5.75 Å². The first-order chi connectivity index (χ1) is 7.82. The molecule has 1 atom stereocenters. The first kappa shape index (κ1) is 13.8. The van der Waals surface area contributed by atoms with E-state index in [1.54, 1.807) is 0 Å². The third-order valence-corrected chi connectivity index (χ3v) is 2.57. The number of nitro groups is 1. The summed E-state index contributed by atoms with van der Waals surface area (Å²) in [6.45, 7) is 0. The third kappa shape index (κ3) is 3.34. The van der Waals surface area contributed by atoms with Crippen molar-refractivity contribution in [1.82, 2.24) is 0 Å². The van der Waals surface area contributed by atoms with Gasteiger partial charge in [0.25, 0.3) is 0 Å². The molecule has 0 unspecified atom stereocenters. The summed E-state index contributed by atoms with van der Waals surface area (Å²) < 4.78 is 24.6. The molecule has 0 aliphatic heterocycles. The summed E-state index contributed by atoms with van der Waals surface area (Å²) in [7, 11) is 0. The minimum atomic E-state index is -2.65. The number of alkyl halides is 2. The molecule has 0 aliphatic rings. The van der Waals surface area contributed by atoms with Crippen LogP contribution in [0.4, 0.5) is 14.5 Å². The molecule has 0 saturated carbocycles. The number of halogens is 3. The van der Waals surface area contributed by atoms with E-state index in [2.05, 4.69) is 15.9 Å². The molecule has 0 aromatic heterocycles. The summed E-state index contributed by atoms with van der Waals surface area (Å²) in [5.41, 5.74) is 4.80. The van der Waals surface area contributed by atoms with Crippen LogP contribution in [0.3, 0.4) is 0 Å². The quantitative estimate of drug-likeness (QED) is 0.661. The first-order valence-corrected chi connectivity index (χ1v) is 5.32. The third-order valence-electron chi connectivity index (χ3n) is 2.11. The van der Waals surface area contributed by atoms with Gasteiger partial charge in [-0.15, -0.1) is 0 Å². The van der Waals surface area contributed by atoms with Crippen LogP contribution >= 0.6 is 15.9 Å². The Bertz CT molecular complexity index is 442. The van der Waals surface area contributed by atoms with Gasteiger partial charge < -0.3 is 10.8 Å². The summed E-state index contributed by atoms with van der Waals surface area (Å²) in [6.07, 6.45) is -3.33. The predicted molar refractivity (Wildman–Crippen MR) is 60.0 cm³/mol. The van der Waals surface area contributed by atoms with E-state index >= 15 is 0 Å². The van der Waals surface area contributed by atoms with Gasteiger partial charge in [0, 0.05) is 28.6 Å². The van der Waals surface area contributed by atoms with E-state index in [0.717, 1.165) is 6.07 Å². The van der Waals surface area contributed by atoms with Gasteiger partial charge in [-0.05, 0) is 6.07 Å². The van der Waals surface area contributed by atoms with Crippen molar-refractivity contribution in [1.29, 1.82) is 0 Å². The Morgan fingerprint density at radius 3 is 2.59 bits per heavy atom. The zero-order chi connectivity index (χ0) is 13.2. The summed E-state index contributed by atoms with van der Waals surface area (Å²) in [5.74, 6) is -0.675. The Balaban J connectivity index is 3.19. The fourth-order valence-electron chi connectivity index (χ4n) is 1.35. The van der Waals surface area contributed by atoms with Crippen molar-refractivity contribution in [3.63, 3.8) is 0 Å². The van der Waals surface area contributed by atoms with Gasteiger partial charge in [0.1, 0.15) is 0 Å². The SMILES string of the molecule is N[C@@H](CC(F)F)c1cc(Br)cc([N+](=O)[O-])c1O. The molecule has 94 valence electrons. The van der Waals surface area contributed by atoms with Gasteiger partial charge in [-0.25, -0.2) is 8.78 Å². The standard InChI is InChI=1S/C9H9BrF2N2O3/c10-4-1-5(6(13)3-8(11)12)9(15)7(2-4)14(16)17/h1-2,6,8,15H,3,13H2/t6-/m0/s1. The number of nitro benzene ring substituents is 1. The van der Waals surface area contributed by atoms with Crippen LogP contribution in [0.1, 0.15) is 18.0 Å². The van der Waals surface area contributed by atoms with Gasteiger partial charge in [0.05, 0.1) is 4.92 Å². The van der Waals surface area contributed by atoms with Gasteiger partial charge in [0.2, 0.25) is 6.43 Å². The molecule has 0 heterocycles. The van der Waals surface area contributed by atoms with E-state index in [0.29, 0.717) is 4.47 Å². The van der Waals surface area contributed by atoms with Crippen molar-refractivity contribution < 1.29 is 18.8 Å². The molecular formula is C9H9BrF2N2O3. The first-order valence-electron chi connectivity index (χ1n) is 4.53. The largest absolute Gasteiger partial charge is 0.502 e. The second-order valence-electron chi connectivity index (χ2n) is 3.35. The van der Waals surface area contributed by atoms with E-state index in [-0.39, 0.29) is 5.56 Å². The van der Waals surface area contributed by atoms with Crippen LogP contribution < -0.4 is 5.73 Å². The number of aromatic hydroxyl groups is 1. The van der Waals surface area contributed by atoms with Crippen molar-refractivity contribution >= 4 is 21.6 Å². The van der Waals surface area contributed by atoms with Crippen molar-refractivity contribution in [3.05, 3.63) is 32.3 Å². The lowest BCUT2D eigenvalue weighted by Gasteiger charge is -2.13. The predicted octanol–water partition coefficient (Wildman–Crippen LogP) is 2.72.